The molecule has 3 aromatic carbocycles. The average Bonchev–Trinajstić information content (AvgIpc) is 3.39. The molecule has 0 radical (unpaired) electrons. The van der Waals surface area contributed by atoms with Crippen LogP contribution in [0, 0.1) is 0 Å². The third-order valence-corrected chi connectivity index (χ3v) is 10.7. The summed E-state index contributed by atoms with van der Waals surface area (Å²) in [4.78, 5) is 51.5. The molecule has 0 N–H and O–H groups in total. The van der Waals surface area contributed by atoms with E-state index in [1.807, 2.05) is 6.07 Å². The van der Waals surface area contributed by atoms with E-state index in [0.717, 1.165) is 92.8 Å². The smallest absolute Gasteiger partial charge is 0.340 e. The second-order valence-electron chi connectivity index (χ2n) is 13.9. The van der Waals surface area contributed by atoms with Crippen LogP contribution in [-0.4, -0.2) is 57.3 Å². The zero-order valence-corrected chi connectivity index (χ0v) is 29.1. The van der Waals surface area contributed by atoms with Crippen molar-refractivity contribution in [3.63, 3.8) is 0 Å². The molecule has 0 aliphatic carbocycles. The van der Waals surface area contributed by atoms with Crippen LogP contribution >= 0.6 is 0 Å². The minimum atomic E-state index is -1.15. The fourth-order valence-electron chi connectivity index (χ4n) is 8.45. The second kappa shape index (κ2) is 12.7. The lowest BCUT2D eigenvalue weighted by molar-refractivity contribution is -0.122. The van der Waals surface area contributed by atoms with E-state index in [4.69, 9.17) is 14.2 Å². The molecular weight excluding hydrogens is 620 g/mol. The van der Waals surface area contributed by atoms with Crippen LogP contribution in [0.15, 0.2) is 30.3 Å². The zero-order valence-electron chi connectivity index (χ0n) is 29.1. The van der Waals surface area contributed by atoms with Crippen LogP contribution in [0.1, 0.15) is 113 Å². The predicted octanol–water partition coefficient (Wildman–Crippen LogP) is 6.63. The van der Waals surface area contributed by atoms with Crippen LogP contribution in [0.2, 0.25) is 0 Å². The number of ketones is 2. The first kappa shape index (κ1) is 32.9. The van der Waals surface area contributed by atoms with E-state index in [2.05, 4.69) is 35.9 Å². The summed E-state index contributed by atoms with van der Waals surface area (Å²) in [6, 6.07) is 9.74. The molecule has 49 heavy (non-hydrogen) atoms. The predicted molar refractivity (Wildman–Crippen MR) is 186 cm³/mol. The van der Waals surface area contributed by atoms with Crippen LogP contribution < -0.4 is 14.5 Å². The molecule has 8 rings (SSSR count). The zero-order chi connectivity index (χ0) is 34.6. The van der Waals surface area contributed by atoms with E-state index in [0.29, 0.717) is 24.0 Å². The minimum Gasteiger partial charge on any atom is -0.465 e. The van der Waals surface area contributed by atoms with E-state index in [1.54, 1.807) is 12.1 Å². The standard InChI is InChI=1S/C34H34N2O5.C6H10O2/c1-4-19-17-26-30(22-9-6-13-35(2)28(19)22)40-31-23-10-7-15-36-14-5-8-20(29(23)36)18-27(31)34(26)25-12-11-21(32(37)39-3)16-24(25)33(38)41-34;1-5(7)3-4-6(2)8/h11-12,16-18H,4-10,13-15H2,1-3H3;3-4H2,1-2H3. The largest absolute Gasteiger partial charge is 0.465 e. The van der Waals surface area contributed by atoms with Gasteiger partial charge in [0.2, 0.25) is 0 Å². The molecule has 0 fully saturated rings. The Hall–Kier alpha value is -4.66. The second-order valence-corrected chi connectivity index (χ2v) is 13.9. The van der Waals surface area contributed by atoms with Gasteiger partial charge in [-0.2, -0.15) is 0 Å². The Morgan fingerprint density at radius 3 is 2.12 bits per heavy atom. The summed E-state index contributed by atoms with van der Waals surface area (Å²) in [5.74, 6) is 0.947. The quantitative estimate of drug-likeness (QED) is 0.278. The van der Waals surface area contributed by atoms with Gasteiger partial charge in [0, 0.05) is 78.7 Å². The summed E-state index contributed by atoms with van der Waals surface area (Å²) in [6.45, 7) is 8.29. The molecule has 1 atom stereocenters. The SMILES string of the molecule is CC(=O)CCC(C)=O.CCc1cc2c(c3c1N(C)CCC3)Oc1c(cc3c4c1CCCN4CCC3)C21OC(=O)c2cc(C(=O)OC)ccc21. The first-order valence-electron chi connectivity index (χ1n) is 17.6. The number of benzene rings is 3. The van der Waals surface area contributed by atoms with Gasteiger partial charge in [-0.3, -0.25) is 0 Å². The van der Waals surface area contributed by atoms with Crippen molar-refractivity contribution >= 4 is 34.9 Å². The maximum Gasteiger partial charge on any atom is 0.340 e. The lowest BCUT2D eigenvalue weighted by atomic mass is 9.73. The number of hydrogen-bond acceptors (Lipinski definition) is 9. The number of nitrogens with zero attached hydrogens (tertiary/aromatic N) is 2. The van der Waals surface area contributed by atoms with Gasteiger partial charge >= 0.3 is 11.9 Å². The molecule has 0 saturated carbocycles. The van der Waals surface area contributed by atoms with Crippen molar-refractivity contribution in [3.05, 3.63) is 80.4 Å². The number of esters is 2. The fraction of sp³-hybridized carbons (Fsp3) is 0.450. The van der Waals surface area contributed by atoms with Crippen molar-refractivity contribution in [3.8, 4) is 11.5 Å². The molecule has 0 bridgehead atoms. The number of aryl methyl sites for hydroxylation is 2. The van der Waals surface area contributed by atoms with Gasteiger partial charge in [0.05, 0.1) is 18.2 Å². The Kier molecular flexibility index (Phi) is 8.49. The van der Waals surface area contributed by atoms with Crippen molar-refractivity contribution in [1.29, 1.82) is 0 Å². The molecule has 0 amide bonds. The van der Waals surface area contributed by atoms with Gasteiger partial charge in [-0.05, 0) is 94.2 Å². The Bertz CT molecular complexity index is 1840. The molecule has 0 saturated heterocycles. The Labute approximate surface area is 287 Å². The van der Waals surface area contributed by atoms with E-state index >= 15 is 0 Å². The molecule has 5 heterocycles. The van der Waals surface area contributed by atoms with Gasteiger partial charge in [0.25, 0.3) is 0 Å². The van der Waals surface area contributed by atoms with Crippen molar-refractivity contribution in [2.45, 2.75) is 84.2 Å². The van der Waals surface area contributed by atoms with E-state index < -0.39 is 17.5 Å². The third-order valence-electron chi connectivity index (χ3n) is 10.7. The number of methoxy groups -OCH3 is 1. The molecule has 5 aliphatic heterocycles. The number of carbonyl (C=O) groups excluding carboxylic acids is 4. The van der Waals surface area contributed by atoms with E-state index in [9.17, 15) is 19.2 Å². The summed E-state index contributed by atoms with van der Waals surface area (Å²) in [5.41, 5.74) is 9.71. The summed E-state index contributed by atoms with van der Waals surface area (Å²) in [5, 5.41) is 0. The van der Waals surface area contributed by atoms with Crippen LogP contribution in [0.5, 0.6) is 11.5 Å². The Balaban J connectivity index is 0.000000424. The monoisotopic (exact) mass is 664 g/mol. The van der Waals surface area contributed by atoms with Gasteiger partial charge in [0.15, 0.2) is 5.60 Å². The molecule has 1 unspecified atom stereocenters. The van der Waals surface area contributed by atoms with E-state index in [1.165, 1.54) is 54.6 Å². The molecule has 9 heteroatoms. The first-order chi connectivity index (χ1) is 23.6. The number of Topliss-reactive ketones (excluding diaryl/α,β-unsaturated/α-hetero) is 2. The fourth-order valence-corrected chi connectivity index (χ4v) is 8.45. The number of rotatable bonds is 5. The van der Waals surface area contributed by atoms with Crippen molar-refractivity contribution in [1.82, 2.24) is 0 Å². The Morgan fingerprint density at radius 1 is 0.837 bits per heavy atom. The van der Waals surface area contributed by atoms with Crippen LogP contribution in [0.25, 0.3) is 0 Å². The van der Waals surface area contributed by atoms with Gasteiger partial charge in [-0.1, -0.05) is 13.0 Å². The maximum atomic E-state index is 13.8. The third kappa shape index (κ3) is 5.29. The molecule has 5 aliphatic rings. The number of carbonyl (C=O) groups is 4. The first-order valence-corrected chi connectivity index (χ1v) is 17.6. The van der Waals surface area contributed by atoms with Crippen molar-refractivity contribution < 1.29 is 33.4 Å². The summed E-state index contributed by atoms with van der Waals surface area (Å²) < 4.78 is 18.7. The molecule has 3 aromatic rings. The summed E-state index contributed by atoms with van der Waals surface area (Å²) in [6.07, 6.45) is 7.71. The highest BCUT2D eigenvalue weighted by atomic mass is 16.6. The normalized spacial score (nSPS) is 19.2. The number of hydrogen-bond donors (Lipinski definition) is 0. The highest BCUT2D eigenvalue weighted by molar-refractivity contribution is 6.00. The number of ether oxygens (including phenoxy) is 3. The van der Waals surface area contributed by atoms with Crippen LogP contribution in [-0.2, 0) is 50.3 Å². The van der Waals surface area contributed by atoms with E-state index in [-0.39, 0.29) is 11.6 Å². The molecule has 1 spiro atoms. The lowest BCUT2D eigenvalue weighted by Gasteiger charge is -2.44. The lowest BCUT2D eigenvalue weighted by Crippen LogP contribution is -2.39. The topological polar surface area (TPSA) is 102 Å². The molecule has 0 aromatic heterocycles. The summed E-state index contributed by atoms with van der Waals surface area (Å²) in [7, 11) is 3.51. The van der Waals surface area contributed by atoms with Gasteiger partial charge in [0.1, 0.15) is 23.1 Å². The minimum absolute atomic E-state index is 0.0835. The van der Waals surface area contributed by atoms with Gasteiger partial charge in [-0.25, -0.2) is 9.59 Å². The van der Waals surface area contributed by atoms with Crippen LogP contribution in [0.4, 0.5) is 11.4 Å². The molecular formula is C40H44N2O7. The summed E-state index contributed by atoms with van der Waals surface area (Å²) >= 11 is 0. The van der Waals surface area contributed by atoms with Crippen LogP contribution in [0.3, 0.4) is 0 Å². The maximum absolute atomic E-state index is 13.8. The van der Waals surface area contributed by atoms with Gasteiger partial charge in [-0.15, -0.1) is 0 Å². The number of fused-ring (bicyclic) bond motifs is 9. The van der Waals surface area contributed by atoms with Gasteiger partial charge < -0.3 is 33.6 Å². The average molecular weight is 665 g/mol. The van der Waals surface area contributed by atoms with Crippen molar-refractivity contribution in [2.24, 2.45) is 0 Å². The highest BCUT2D eigenvalue weighted by Gasteiger charge is 2.56. The molecule has 256 valence electrons. The highest BCUT2D eigenvalue weighted by Crippen LogP contribution is 2.61. The Morgan fingerprint density at radius 2 is 1.47 bits per heavy atom. The number of anilines is 2. The molecule has 9 nitrogen and oxygen atoms in total. The van der Waals surface area contributed by atoms with Crippen molar-refractivity contribution in [2.75, 3.05) is 43.6 Å².